The number of aromatic hydroxyl groups is 1. The third-order valence-corrected chi connectivity index (χ3v) is 3.82. The van der Waals surface area contributed by atoms with E-state index in [0.717, 1.165) is 5.56 Å². The fraction of sp³-hybridized carbons (Fsp3) is 0.263. The number of carbonyl (C=O) groups excluding carboxylic acids is 2. The van der Waals surface area contributed by atoms with Gasteiger partial charge < -0.3 is 24.6 Å². The number of nitrogens with one attached hydrogen (secondary N) is 1. The predicted molar refractivity (Wildman–Crippen MR) is 94.6 cm³/mol. The van der Waals surface area contributed by atoms with E-state index in [-0.39, 0.29) is 17.7 Å². The lowest BCUT2D eigenvalue weighted by molar-refractivity contribution is -0.142. The standard InChI is InChI=1S/C19H21NO6/c1-24-14-8-9-15(17(11-14)25-2)18(22)20-16(19(23)26-3)10-12-4-6-13(21)7-5-12/h4-9,11,16,21H,10H2,1-3H3,(H,20,22)/t16-/m0/s1. The third kappa shape index (κ3) is 4.66. The molecule has 2 aromatic rings. The van der Waals surface area contributed by atoms with Crippen LogP contribution in [0.25, 0.3) is 0 Å². The van der Waals surface area contributed by atoms with Crippen molar-refractivity contribution in [2.75, 3.05) is 21.3 Å². The number of methoxy groups -OCH3 is 3. The van der Waals surface area contributed by atoms with Crippen LogP contribution in [-0.2, 0) is 16.0 Å². The maximum absolute atomic E-state index is 12.6. The van der Waals surface area contributed by atoms with Gasteiger partial charge in [-0.15, -0.1) is 0 Å². The zero-order chi connectivity index (χ0) is 19.1. The van der Waals surface area contributed by atoms with Crippen molar-refractivity contribution in [3.05, 3.63) is 53.6 Å². The van der Waals surface area contributed by atoms with E-state index < -0.39 is 17.9 Å². The monoisotopic (exact) mass is 359 g/mol. The summed E-state index contributed by atoms with van der Waals surface area (Å²) >= 11 is 0. The van der Waals surface area contributed by atoms with Crippen LogP contribution in [0.1, 0.15) is 15.9 Å². The molecule has 0 spiro atoms. The van der Waals surface area contributed by atoms with Crippen molar-refractivity contribution in [2.24, 2.45) is 0 Å². The highest BCUT2D eigenvalue weighted by Crippen LogP contribution is 2.24. The second kappa shape index (κ2) is 8.75. The predicted octanol–water partition coefficient (Wildman–Crippen LogP) is 1.92. The Hall–Kier alpha value is -3.22. The summed E-state index contributed by atoms with van der Waals surface area (Å²) < 4.78 is 15.1. The minimum atomic E-state index is -0.885. The van der Waals surface area contributed by atoms with Gasteiger partial charge >= 0.3 is 5.97 Å². The Kier molecular flexibility index (Phi) is 6.43. The summed E-state index contributed by atoms with van der Waals surface area (Å²) in [6, 6.07) is 10.3. The lowest BCUT2D eigenvalue weighted by atomic mass is 10.0. The van der Waals surface area contributed by atoms with Gasteiger partial charge in [-0.25, -0.2) is 4.79 Å². The molecule has 2 aromatic carbocycles. The van der Waals surface area contributed by atoms with Crippen LogP contribution in [-0.4, -0.2) is 44.4 Å². The molecule has 0 saturated carbocycles. The Morgan fingerprint density at radius 3 is 2.31 bits per heavy atom. The van der Waals surface area contributed by atoms with Crippen LogP contribution in [0.5, 0.6) is 17.2 Å². The van der Waals surface area contributed by atoms with Crippen molar-refractivity contribution in [3.63, 3.8) is 0 Å². The van der Waals surface area contributed by atoms with E-state index in [1.165, 1.54) is 33.5 Å². The highest BCUT2D eigenvalue weighted by atomic mass is 16.5. The first-order valence-electron chi connectivity index (χ1n) is 7.87. The van der Waals surface area contributed by atoms with Gasteiger partial charge in [0.2, 0.25) is 0 Å². The first-order valence-corrected chi connectivity index (χ1v) is 7.87. The topological polar surface area (TPSA) is 94.1 Å². The minimum absolute atomic E-state index is 0.121. The lowest BCUT2D eigenvalue weighted by Gasteiger charge is -2.18. The molecule has 0 aliphatic heterocycles. The first-order chi connectivity index (χ1) is 12.5. The van der Waals surface area contributed by atoms with Crippen LogP contribution < -0.4 is 14.8 Å². The largest absolute Gasteiger partial charge is 0.508 e. The number of benzene rings is 2. The van der Waals surface area contributed by atoms with E-state index in [1.807, 2.05) is 0 Å². The zero-order valence-electron chi connectivity index (χ0n) is 14.8. The van der Waals surface area contributed by atoms with Crippen molar-refractivity contribution in [1.82, 2.24) is 5.32 Å². The third-order valence-electron chi connectivity index (χ3n) is 3.82. The molecule has 0 radical (unpaired) electrons. The van der Waals surface area contributed by atoms with E-state index in [4.69, 9.17) is 14.2 Å². The fourth-order valence-corrected chi connectivity index (χ4v) is 2.43. The number of amides is 1. The molecule has 0 aromatic heterocycles. The smallest absolute Gasteiger partial charge is 0.328 e. The van der Waals surface area contributed by atoms with Gasteiger partial charge in [0.1, 0.15) is 23.3 Å². The average Bonchev–Trinajstić information content (AvgIpc) is 2.67. The molecule has 0 heterocycles. The number of phenols is 1. The molecule has 0 saturated heterocycles. The maximum Gasteiger partial charge on any atom is 0.328 e. The molecule has 0 unspecified atom stereocenters. The summed E-state index contributed by atoms with van der Waals surface area (Å²) in [4.78, 5) is 24.7. The molecule has 0 bridgehead atoms. The Morgan fingerprint density at radius 1 is 1.04 bits per heavy atom. The van der Waals surface area contributed by atoms with Gasteiger partial charge in [-0.05, 0) is 29.8 Å². The quantitative estimate of drug-likeness (QED) is 0.734. The number of phenolic OH excluding ortho intramolecular Hbond substituents is 1. The minimum Gasteiger partial charge on any atom is -0.508 e. The first kappa shape index (κ1) is 19.1. The molecule has 2 N–H and O–H groups in total. The maximum atomic E-state index is 12.6. The van der Waals surface area contributed by atoms with E-state index >= 15 is 0 Å². The fourth-order valence-electron chi connectivity index (χ4n) is 2.43. The van der Waals surface area contributed by atoms with Crippen molar-refractivity contribution in [1.29, 1.82) is 0 Å². The van der Waals surface area contributed by atoms with Crippen LogP contribution in [0, 0.1) is 0 Å². The second-order valence-corrected chi connectivity index (χ2v) is 5.49. The average molecular weight is 359 g/mol. The lowest BCUT2D eigenvalue weighted by Crippen LogP contribution is -2.43. The van der Waals surface area contributed by atoms with Crippen LogP contribution >= 0.6 is 0 Å². The van der Waals surface area contributed by atoms with Gasteiger partial charge in [-0.3, -0.25) is 4.79 Å². The van der Waals surface area contributed by atoms with Gasteiger partial charge in [0.25, 0.3) is 5.91 Å². The summed E-state index contributed by atoms with van der Waals surface area (Å²) in [6.07, 6.45) is 0.219. The highest BCUT2D eigenvalue weighted by molar-refractivity contribution is 5.99. The molecule has 2 rings (SSSR count). The molecule has 7 nitrogen and oxygen atoms in total. The number of hydrogen-bond donors (Lipinski definition) is 2. The molecular formula is C19H21NO6. The molecule has 7 heteroatoms. The van der Waals surface area contributed by atoms with Gasteiger partial charge in [0.05, 0.1) is 26.9 Å². The number of hydrogen-bond acceptors (Lipinski definition) is 6. The van der Waals surface area contributed by atoms with Crippen molar-refractivity contribution < 1.29 is 28.9 Å². The van der Waals surface area contributed by atoms with Gasteiger partial charge in [0, 0.05) is 12.5 Å². The van der Waals surface area contributed by atoms with Crippen molar-refractivity contribution in [3.8, 4) is 17.2 Å². The van der Waals surface area contributed by atoms with Crippen LogP contribution in [0.15, 0.2) is 42.5 Å². The highest BCUT2D eigenvalue weighted by Gasteiger charge is 2.24. The van der Waals surface area contributed by atoms with Crippen LogP contribution in [0.2, 0.25) is 0 Å². The van der Waals surface area contributed by atoms with E-state index in [9.17, 15) is 14.7 Å². The van der Waals surface area contributed by atoms with E-state index in [0.29, 0.717) is 11.5 Å². The Morgan fingerprint density at radius 2 is 1.73 bits per heavy atom. The number of rotatable bonds is 7. The molecule has 0 aliphatic rings. The Balaban J connectivity index is 2.21. The number of esters is 1. The molecule has 1 atom stereocenters. The van der Waals surface area contributed by atoms with Gasteiger partial charge in [0.15, 0.2) is 0 Å². The summed E-state index contributed by atoms with van der Waals surface area (Å²) in [6.45, 7) is 0. The van der Waals surface area contributed by atoms with Gasteiger partial charge in [-0.2, -0.15) is 0 Å². The molecule has 0 fully saturated rings. The molecular weight excluding hydrogens is 338 g/mol. The van der Waals surface area contributed by atoms with Crippen LogP contribution in [0.4, 0.5) is 0 Å². The summed E-state index contributed by atoms with van der Waals surface area (Å²) in [7, 11) is 4.21. The number of ether oxygens (including phenoxy) is 3. The molecule has 138 valence electrons. The SMILES string of the molecule is COC(=O)[C@H](Cc1ccc(O)cc1)NC(=O)c1ccc(OC)cc1OC. The number of carbonyl (C=O) groups is 2. The van der Waals surface area contributed by atoms with Crippen molar-refractivity contribution >= 4 is 11.9 Å². The van der Waals surface area contributed by atoms with Crippen molar-refractivity contribution in [2.45, 2.75) is 12.5 Å². The summed E-state index contributed by atoms with van der Waals surface area (Å²) in [5.74, 6) is -0.0462. The normalized spacial score (nSPS) is 11.3. The molecule has 26 heavy (non-hydrogen) atoms. The zero-order valence-corrected chi connectivity index (χ0v) is 14.8. The van der Waals surface area contributed by atoms with Gasteiger partial charge in [-0.1, -0.05) is 12.1 Å². The Labute approximate surface area is 151 Å². The van der Waals surface area contributed by atoms with E-state index in [2.05, 4.69) is 5.32 Å². The summed E-state index contributed by atoms with van der Waals surface area (Å²) in [5.41, 5.74) is 1.04. The summed E-state index contributed by atoms with van der Waals surface area (Å²) in [5, 5.41) is 12.0. The second-order valence-electron chi connectivity index (χ2n) is 5.49. The Bertz CT molecular complexity index is 772. The molecule has 0 aliphatic carbocycles. The van der Waals surface area contributed by atoms with Crippen LogP contribution in [0.3, 0.4) is 0 Å². The molecule has 1 amide bonds. The van der Waals surface area contributed by atoms with E-state index in [1.54, 1.807) is 30.3 Å².